The number of aromatic hydroxyl groups is 2. The molecule has 7 heterocycles. The van der Waals surface area contributed by atoms with Gasteiger partial charge in [0.05, 0.1) is 49.7 Å². The third kappa shape index (κ3) is 5.96. The minimum atomic E-state index is -1.43. The van der Waals surface area contributed by atoms with Gasteiger partial charge in [-0.1, -0.05) is 6.07 Å². The number of benzene rings is 3. The second-order valence-corrected chi connectivity index (χ2v) is 18.9. The third-order valence-corrected chi connectivity index (χ3v) is 14.7. The fraction of sp³-hybridized carbons (Fsp3) is 0.511. The number of likely N-dealkylation sites (N-methyl/N-ethyl adjacent to an activating group) is 1. The third-order valence-electron chi connectivity index (χ3n) is 13.2. The molecule has 3 aromatic carbocycles. The highest BCUT2D eigenvalue weighted by Crippen LogP contribution is 2.65. The summed E-state index contributed by atoms with van der Waals surface area (Å²) >= 11 is 1.38. The maximum absolute atomic E-state index is 15.1. The number of carbonyl (C=O) groups excluding carboxylic acids is 3. The number of nitrogens with zero attached hydrogens (tertiary/aromatic N) is 4. The van der Waals surface area contributed by atoms with E-state index < -0.39 is 64.6 Å². The molecule has 16 nitrogen and oxygen atoms in total. The molecule has 62 heavy (non-hydrogen) atoms. The molecule has 7 aliphatic heterocycles. The zero-order valence-electron chi connectivity index (χ0n) is 36.1. The Kier molecular flexibility index (Phi) is 9.95. The van der Waals surface area contributed by atoms with Gasteiger partial charge in [-0.05, 0) is 88.9 Å². The number of nitriles is 1. The Balaban J connectivity index is 1.37. The number of thioether (sulfide) groups is 1. The van der Waals surface area contributed by atoms with Crippen LogP contribution in [0.3, 0.4) is 0 Å². The molecule has 17 heteroatoms. The van der Waals surface area contributed by atoms with Gasteiger partial charge in [-0.2, -0.15) is 5.26 Å². The van der Waals surface area contributed by atoms with E-state index in [1.165, 1.54) is 32.9 Å². The first kappa shape index (κ1) is 41.8. The first-order valence-electron chi connectivity index (χ1n) is 20.6. The topological polar surface area (TPSA) is 190 Å². The number of ether oxygens (including phenoxy) is 7. The van der Waals surface area contributed by atoms with Crippen LogP contribution in [0.15, 0.2) is 18.2 Å². The van der Waals surface area contributed by atoms with Crippen LogP contribution in [-0.2, 0) is 37.4 Å². The van der Waals surface area contributed by atoms with E-state index in [0.29, 0.717) is 57.8 Å². The van der Waals surface area contributed by atoms with Gasteiger partial charge < -0.3 is 43.4 Å². The predicted octanol–water partition coefficient (Wildman–Crippen LogP) is 5.63. The predicted molar refractivity (Wildman–Crippen MR) is 223 cm³/mol. The minimum absolute atomic E-state index is 0.0469. The lowest BCUT2D eigenvalue weighted by molar-refractivity contribution is -0.163. The number of phenols is 2. The van der Waals surface area contributed by atoms with Gasteiger partial charge in [0.15, 0.2) is 40.0 Å². The van der Waals surface area contributed by atoms with Crippen LogP contribution in [0.1, 0.15) is 89.5 Å². The van der Waals surface area contributed by atoms with Crippen LogP contribution in [0.2, 0.25) is 0 Å². The molecule has 0 saturated carbocycles. The van der Waals surface area contributed by atoms with E-state index in [-0.39, 0.29) is 54.3 Å². The molecule has 1 unspecified atom stereocenters. The number of carbonyl (C=O) groups is 3. The molecule has 7 atom stereocenters. The highest BCUT2D eigenvalue weighted by atomic mass is 32.2. The van der Waals surface area contributed by atoms with Crippen LogP contribution < -0.4 is 23.7 Å². The molecule has 3 aromatic rings. The summed E-state index contributed by atoms with van der Waals surface area (Å²) in [6.45, 7) is 10.3. The Morgan fingerprint density at radius 1 is 1.00 bits per heavy atom. The van der Waals surface area contributed by atoms with E-state index >= 15 is 4.79 Å². The number of piperazine rings is 1. The second kappa shape index (κ2) is 14.8. The Morgan fingerprint density at radius 2 is 1.74 bits per heavy atom. The fourth-order valence-electron chi connectivity index (χ4n) is 10.8. The normalized spacial score (nSPS) is 27.2. The number of hydrogen-bond donors (Lipinski definition) is 2. The van der Waals surface area contributed by atoms with E-state index in [0.717, 1.165) is 11.1 Å². The van der Waals surface area contributed by atoms with Gasteiger partial charge in [0.1, 0.15) is 24.0 Å². The monoisotopic (exact) mass is 870 g/mol. The summed E-state index contributed by atoms with van der Waals surface area (Å²) in [5.74, 6) is 0.108. The molecular weight excluding hydrogens is 821 g/mol. The smallest absolute Gasteiger partial charge is 0.411 e. The van der Waals surface area contributed by atoms with Crippen molar-refractivity contribution in [2.45, 2.75) is 101 Å². The van der Waals surface area contributed by atoms with Crippen LogP contribution in [0.4, 0.5) is 4.79 Å². The summed E-state index contributed by atoms with van der Waals surface area (Å²) in [6.07, 6.45) is 0.0440. The van der Waals surface area contributed by atoms with Crippen molar-refractivity contribution in [3.05, 3.63) is 62.7 Å². The van der Waals surface area contributed by atoms with E-state index in [2.05, 4.69) is 6.07 Å². The number of hydrogen-bond acceptors (Lipinski definition) is 16. The number of amides is 1. The Bertz CT molecular complexity index is 2480. The summed E-state index contributed by atoms with van der Waals surface area (Å²) in [5, 5.41) is 33.9. The summed E-state index contributed by atoms with van der Waals surface area (Å²) in [7, 11) is 4.77. The maximum atomic E-state index is 15.1. The van der Waals surface area contributed by atoms with Gasteiger partial charge in [-0.15, -0.1) is 11.8 Å². The molecular formula is C45H50N4O12S. The number of aryl methyl sites for hydroxylation is 1. The van der Waals surface area contributed by atoms with Crippen LogP contribution in [0, 0.1) is 25.2 Å². The molecule has 0 radical (unpaired) electrons. The van der Waals surface area contributed by atoms with Crippen LogP contribution in [0.25, 0.3) is 0 Å². The lowest BCUT2D eigenvalue weighted by atomic mass is 9.71. The Morgan fingerprint density at radius 3 is 2.42 bits per heavy atom. The maximum Gasteiger partial charge on any atom is 0.411 e. The van der Waals surface area contributed by atoms with Gasteiger partial charge >= 0.3 is 18.0 Å². The first-order valence-corrected chi connectivity index (χ1v) is 21.6. The van der Waals surface area contributed by atoms with Crippen molar-refractivity contribution in [3.63, 3.8) is 0 Å². The number of esters is 2. The zero-order chi connectivity index (χ0) is 44.3. The number of methoxy groups -OCH3 is 2. The molecule has 2 N–H and O–H groups in total. The van der Waals surface area contributed by atoms with Gasteiger partial charge in [-0.25, -0.2) is 9.59 Å². The molecule has 1 amide bonds. The molecule has 10 rings (SSSR count). The van der Waals surface area contributed by atoms with E-state index in [1.54, 1.807) is 44.7 Å². The first-order chi connectivity index (χ1) is 29.5. The Labute approximate surface area is 363 Å². The molecule has 0 aliphatic carbocycles. The summed E-state index contributed by atoms with van der Waals surface area (Å²) in [5.41, 5.74) is 2.45. The number of rotatable bonds is 3. The van der Waals surface area contributed by atoms with Crippen LogP contribution in [0.5, 0.6) is 40.2 Å². The summed E-state index contributed by atoms with van der Waals surface area (Å²) in [4.78, 5) is 48.7. The summed E-state index contributed by atoms with van der Waals surface area (Å²) < 4.78 is 42.6. The van der Waals surface area contributed by atoms with Crippen molar-refractivity contribution in [3.8, 4) is 46.3 Å². The van der Waals surface area contributed by atoms with Gasteiger partial charge in [0.2, 0.25) is 6.79 Å². The van der Waals surface area contributed by atoms with E-state index in [4.69, 9.17) is 33.2 Å². The summed E-state index contributed by atoms with van der Waals surface area (Å²) in [6, 6.07) is 3.21. The van der Waals surface area contributed by atoms with Crippen molar-refractivity contribution in [1.82, 2.24) is 14.7 Å². The molecule has 0 aromatic heterocycles. The lowest BCUT2D eigenvalue weighted by Gasteiger charge is -2.62. The number of phenolic OH excluding ortho intramolecular Hbond substituents is 2. The van der Waals surface area contributed by atoms with Gasteiger partial charge in [-0.3, -0.25) is 19.5 Å². The van der Waals surface area contributed by atoms with Crippen molar-refractivity contribution < 1.29 is 57.8 Å². The highest BCUT2D eigenvalue weighted by Gasteiger charge is 2.64. The molecule has 2 fully saturated rings. The van der Waals surface area contributed by atoms with Crippen LogP contribution >= 0.6 is 11.8 Å². The standard InChI is InChI=1S/C45H50N4O12S/c1-20-12-24-13-26-27(16-46)48-28-17-57-42(53)45(25-15-30(55-8)29(51)14-23(25)10-11-47(45)7)18-62-41(33-32(28)40-39(58-19-59-40)21(2)38(33)60-22(3)50)35(48)34(31(24)36(52)37(20)56-9)49(26)43(54)61-44(4,5)6/h12,14-15,26-28,34-35,41,51-52H,10-11,13,17-19H2,1-9H3/t26-,27-,28+,34+,35?,41+,45+/m0/s1. The van der Waals surface area contributed by atoms with Crippen LogP contribution in [-0.4, -0.2) is 114 Å². The molecule has 4 bridgehead atoms. The lowest BCUT2D eigenvalue weighted by Crippen LogP contribution is -2.71. The highest BCUT2D eigenvalue weighted by molar-refractivity contribution is 7.99. The fourth-order valence-corrected chi connectivity index (χ4v) is 12.6. The van der Waals surface area contributed by atoms with E-state index in [9.17, 15) is 25.1 Å². The molecule has 328 valence electrons. The average Bonchev–Trinajstić information content (AvgIpc) is 3.70. The van der Waals surface area contributed by atoms with Crippen molar-refractivity contribution in [2.24, 2.45) is 0 Å². The SMILES string of the molecule is COc1cc2c(cc1O)CCN(C)[C@]21CS[C@@H]2c3c(OC(C)=O)c(C)c4c(c3[C@@H](COC1=O)N1C2[C@H]2c3c(cc(C)c(OC)c3O)C[C@@H]([C@@H]1C#N)N2C(=O)OC(C)(C)C)OCO4. The molecule has 1 spiro atoms. The molecule has 2 saturated heterocycles. The van der Waals surface area contributed by atoms with Crippen molar-refractivity contribution in [1.29, 1.82) is 5.26 Å². The quantitative estimate of drug-likeness (QED) is 0.243. The van der Waals surface area contributed by atoms with Crippen molar-refractivity contribution in [2.75, 3.05) is 47.0 Å². The van der Waals surface area contributed by atoms with Gasteiger partial charge in [0, 0.05) is 41.5 Å². The zero-order valence-corrected chi connectivity index (χ0v) is 36.9. The number of fused-ring (bicyclic) bond motifs is 9. The minimum Gasteiger partial charge on any atom is -0.504 e. The molecule has 7 aliphatic rings. The average molecular weight is 871 g/mol. The largest absolute Gasteiger partial charge is 0.504 e. The van der Waals surface area contributed by atoms with Crippen molar-refractivity contribution >= 4 is 29.8 Å². The van der Waals surface area contributed by atoms with Gasteiger partial charge in [0.25, 0.3) is 0 Å². The Hall–Kier alpha value is -5.57. The second-order valence-electron chi connectivity index (χ2n) is 17.8. The van der Waals surface area contributed by atoms with E-state index in [1.807, 2.05) is 29.8 Å².